The molecule has 5 N–H and O–H groups in total. The number of nitrogens with zero attached hydrogens (tertiary/aromatic N) is 4. The molecule has 3 heterocycles. The van der Waals surface area contributed by atoms with E-state index in [4.69, 9.17) is 33.7 Å². The van der Waals surface area contributed by atoms with E-state index in [1.807, 2.05) is 11.4 Å². The summed E-state index contributed by atoms with van der Waals surface area (Å²) in [6, 6.07) is 9.52. The predicted molar refractivity (Wildman–Crippen MR) is 162 cm³/mol. The van der Waals surface area contributed by atoms with Crippen LogP contribution in [0.5, 0.6) is 0 Å². The number of anilines is 3. The molecule has 2 aromatic heterocycles. The zero-order valence-electron chi connectivity index (χ0n) is 21.8. The van der Waals surface area contributed by atoms with Gasteiger partial charge in [-0.05, 0) is 30.3 Å². The van der Waals surface area contributed by atoms with Gasteiger partial charge in [0.05, 0.1) is 56.9 Å². The summed E-state index contributed by atoms with van der Waals surface area (Å²) in [6.45, 7) is 4.95. The molecule has 13 heteroatoms. The number of nitrogens with two attached hydrogens (primary N) is 1. The van der Waals surface area contributed by atoms with Crippen LogP contribution in [0.15, 0.2) is 59.3 Å². The first kappa shape index (κ1) is 28.9. The van der Waals surface area contributed by atoms with Gasteiger partial charge in [-0.25, -0.2) is 9.37 Å². The first-order valence-electron chi connectivity index (χ1n) is 12.8. The lowest BCUT2D eigenvalue weighted by Crippen LogP contribution is -2.39. The van der Waals surface area contributed by atoms with Gasteiger partial charge >= 0.3 is 0 Å². The van der Waals surface area contributed by atoms with Crippen molar-refractivity contribution in [1.82, 2.24) is 20.2 Å². The van der Waals surface area contributed by atoms with Gasteiger partial charge in [-0.15, -0.1) is 11.3 Å². The third-order valence-corrected chi connectivity index (χ3v) is 7.75. The standard InChI is InChI=1S/C28H27Cl2FN8OS/c29-21-10-18(1-2-23(21)31)37-26-17(12-32)13-35-27-20(26)9-19(11-22(27)30)38-28(25-15-41-16-36-25)24(33)14-34-3-4-39-5-7-40-8-6-39/h1-2,9-11,13-16,28,34,38H,3-8,33H2,(H,35,37)/b24-14-/t28-/m1/s1. The van der Waals surface area contributed by atoms with E-state index in [1.54, 1.807) is 17.8 Å². The van der Waals surface area contributed by atoms with Crippen LogP contribution < -0.4 is 21.7 Å². The number of halogens is 3. The lowest BCUT2D eigenvalue weighted by Gasteiger charge is -2.26. The van der Waals surface area contributed by atoms with Crippen molar-refractivity contribution in [2.24, 2.45) is 5.73 Å². The minimum absolute atomic E-state index is 0.0424. The molecule has 5 rings (SSSR count). The van der Waals surface area contributed by atoms with E-state index in [9.17, 15) is 9.65 Å². The van der Waals surface area contributed by atoms with Crippen LogP contribution >= 0.6 is 34.5 Å². The van der Waals surface area contributed by atoms with E-state index >= 15 is 0 Å². The summed E-state index contributed by atoms with van der Waals surface area (Å²) in [7, 11) is 0. The Bertz CT molecular complexity index is 1590. The van der Waals surface area contributed by atoms with Crippen LogP contribution in [0, 0.1) is 17.1 Å². The summed E-state index contributed by atoms with van der Waals surface area (Å²) >= 11 is 14.1. The van der Waals surface area contributed by atoms with Gasteiger partial charge in [0.25, 0.3) is 0 Å². The number of aromatic nitrogens is 2. The summed E-state index contributed by atoms with van der Waals surface area (Å²) in [5.41, 5.74) is 12.0. The van der Waals surface area contributed by atoms with E-state index in [2.05, 4.69) is 36.9 Å². The Morgan fingerprint density at radius 2 is 2.00 bits per heavy atom. The molecule has 0 unspecified atom stereocenters. The second kappa shape index (κ2) is 13.3. The van der Waals surface area contributed by atoms with Crippen molar-refractivity contribution in [3.8, 4) is 6.07 Å². The molecule has 0 spiro atoms. The lowest BCUT2D eigenvalue weighted by molar-refractivity contribution is 0.0388. The highest BCUT2D eigenvalue weighted by Gasteiger charge is 2.20. The van der Waals surface area contributed by atoms with Crippen LogP contribution in [0.1, 0.15) is 17.3 Å². The highest BCUT2D eigenvalue weighted by molar-refractivity contribution is 7.07. The Kier molecular flexibility index (Phi) is 9.38. The summed E-state index contributed by atoms with van der Waals surface area (Å²) in [4.78, 5) is 11.2. The summed E-state index contributed by atoms with van der Waals surface area (Å²) in [6.07, 6.45) is 3.23. The Morgan fingerprint density at radius 3 is 2.73 bits per heavy atom. The third-order valence-electron chi connectivity index (χ3n) is 6.57. The molecule has 0 saturated carbocycles. The maximum atomic E-state index is 13.8. The number of nitrogens with one attached hydrogen (secondary N) is 3. The molecule has 1 atom stereocenters. The number of pyridine rings is 1. The van der Waals surface area contributed by atoms with E-state index in [0.29, 0.717) is 38.7 Å². The number of morpholine rings is 1. The highest BCUT2D eigenvalue weighted by Crippen LogP contribution is 2.36. The minimum Gasteiger partial charge on any atom is -0.399 e. The number of ether oxygens (including phenoxy) is 1. The normalized spacial score (nSPS) is 14.9. The van der Waals surface area contributed by atoms with Crippen molar-refractivity contribution in [2.75, 3.05) is 50.0 Å². The van der Waals surface area contributed by atoms with Crippen molar-refractivity contribution in [1.29, 1.82) is 5.26 Å². The number of fused-ring (bicyclic) bond motifs is 1. The topological polar surface area (TPSA) is 124 Å². The van der Waals surface area contributed by atoms with Crippen molar-refractivity contribution in [3.05, 3.63) is 86.4 Å². The van der Waals surface area contributed by atoms with Crippen LogP contribution in [-0.2, 0) is 4.74 Å². The maximum absolute atomic E-state index is 13.8. The number of nitriles is 1. The molecule has 2 aromatic carbocycles. The average molecular weight is 614 g/mol. The SMILES string of the molecule is N#Cc1cnc2c(Cl)cc(N[C@H](/C(N)=C/NCCN3CCOCC3)c3cscn3)cc2c1Nc1ccc(F)c(Cl)c1. The molecule has 4 aromatic rings. The van der Waals surface area contributed by atoms with Gasteiger partial charge in [0, 0.05) is 60.7 Å². The zero-order chi connectivity index (χ0) is 28.8. The molecule has 0 aliphatic carbocycles. The second-order valence-electron chi connectivity index (χ2n) is 9.31. The lowest BCUT2D eigenvalue weighted by atomic mass is 10.1. The van der Waals surface area contributed by atoms with Crippen LogP contribution in [0.25, 0.3) is 10.9 Å². The summed E-state index contributed by atoms with van der Waals surface area (Å²) in [5.74, 6) is -0.541. The number of hydrogen-bond acceptors (Lipinski definition) is 10. The van der Waals surface area contributed by atoms with Crippen molar-refractivity contribution in [3.63, 3.8) is 0 Å². The third kappa shape index (κ3) is 6.98. The van der Waals surface area contributed by atoms with E-state index in [0.717, 1.165) is 45.1 Å². The van der Waals surface area contributed by atoms with Crippen LogP contribution in [-0.4, -0.2) is 54.3 Å². The first-order chi connectivity index (χ1) is 19.9. The molecular formula is C28H27Cl2FN8OS. The highest BCUT2D eigenvalue weighted by atomic mass is 35.5. The zero-order valence-corrected chi connectivity index (χ0v) is 24.2. The quantitative estimate of drug-likeness (QED) is 0.169. The molecule has 1 aliphatic heterocycles. The Labute approximate surface area is 250 Å². The predicted octanol–water partition coefficient (Wildman–Crippen LogP) is 5.63. The van der Waals surface area contributed by atoms with Gasteiger partial charge in [0.1, 0.15) is 17.9 Å². The fourth-order valence-electron chi connectivity index (χ4n) is 4.46. The largest absolute Gasteiger partial charge is 0.399 e. The monoisotopic (exact) mass is 612 g/mol. The molecule has 0 amide bonds. The van der Waals surface area contributed by atoms with E-state index in [1.165, 1.54) is 35.7 Å². The average Bonchev–Trinajstić information content (AvgIpc) is 3.51. The van der Waals surface area contributed by atoms with Gasteiger partial charge in [0.15, 0.2) is 0 Å². The molecule has 0 bridgehead atoms. The summed E-state index contributed by atoms with van der Waals surface area (Å²) < 4.78 is 19.2. The Balaban J connectivity index is 1.43. The molecular weight excluding hydrogens is 586 g/mol. The molecule has 0 radical (unpaired) electrons. The molecule has 1 fully saturated rings. The van der Waals surface area contributed by atoms with E-state index < -0.39 is 11.9 Å². The fourth-order valence-corrected chi connectivity index (χ4v) is 5.49. The van der Waals surface area contributed by atoms with Crippen LogP contribution in [0.4, 0.5) is 21.5 Å². The minimum atomic E-state index is -0.541. The molecule has 212 valence electrons. The van der Waals surface area contributed by atoms with Gasteiger partial charge in [-0.1, -0.05) is 23.2 Å². The number of benzene rings is 2. The number of rotatable bonds is 10. The Morgan fingerprint density at radius 1 is 1.20 bits per heavy atom. The number of hydrogen-bond donors (Lipinski definition) is 4. The molecule has 41 heavy (non-hydrogen) atoms. The van der Waals surface area contributed by atoms with Gasteiger partial charge in [-0.2, -0.15) is 5.26 Å². The van der Waals surface area contributed by atoms with Gasteiger partial charge in [-0.3, -0.25) is 9.88 Å². The maximum Gasteiger partial charge on any atom is 0.141 e. The van der Waals surface area contributed by atoms with Crippen LogP contribution in [0.2, 0.25) is 10.0 Å². The van der Waals surface area contributed by atoms with Crippen LogP contribution in [0.3, 0.4) is 0 Å². The van der Waals surface area contributed by atoms with Crippen molar-refractivity contribution >= 4 is 62.5 Å². The molecule has 1 saturated heterocycles. The van der Waals surface area contributed by atoms with Gasteiger partial charge < -0.3 is 26.4 Å². The number of thiazole rings is 1. The van der Waals surface area contributed by atoms with Gasteiger partial charge in [0.2, 0.25) is 0 Å². The van der Waals surface area contributed by atoms with E-state index in [-0.39, 0.29) is 10.6 Å². The smallest absolute Gasteiger partial charge is 0.141 e. The van der Waals surface area contributed by atoms with Crippen molar-refractivity contribution in [2.45, 2.75) is 6.04 Å². The molecule has 9 nitrogen and oxygen atoms in total. The first-order valence-corrected chi connectivity index (χ1v) is 14.5. The Hall–Kier alpha value is -3.66. The fraction of sp³-hybridized carbons (Fsp3) is 0.250. The second-order valence-corrected chi connectivity index (χ2v) is 10.8. The van der Waals surface area contributed by atoms with Crippen molar-refractivity contribution < 1.29 is 9.13 Å². The molecule has 1 aliphatic rings. The summed E-state index contributed by atoms with van der Waals surface area (Å²) in [5, 5.41) is 22.6.